The highest BCUT2D eigenvalue weighted by molar-refractivity contribution is 5.95. The molecule has 0 aliphatic rings. The van der Waals surface area contributed by atoms with Gasteiger partial charge in [0.2, 0.25) is 0 Å². The van der Waals surface area contributed by atoms with Crippen LogP contribution >= 0.6 is 0 Å². The lowest BCUT2D eigenvalue weighted by molar-refractivity contribution is -0.119. The first kappa shape index (κ1) is 16.5. The highest BCUT2D eigenvalue weighted by Crippen LogP contribution is 2.15. The fourth-order valence-corrected chi connectivity index (χ4v) is 1.90. The molecule has 0 saturated heterocycles. The van der Waals surface area contributed by atoms with Crippen LogP contribution in [0.15, 0.2) is 48.5 Å². The molecule has 0 aliphatic heterocycles. The van der Waals surface area contributed by atoms with Gasteiger partial charge in [-0.15, -0.1) is 0 Å². The van der Waals surface area contributed by atoms with E-state index in [-0.39, 0.29) is 6.61 Å². The van der Waals surface area contributed by atoms with Gasteiger partial charge in [0.05, 0.1) is 12.2 Å². The number of anilines is 1. The topological polar surface area (TPSA) is 64.6 Å². The summed E-state index contributed by atoms with van der Waals surface area (Å²) in [7, 11) is 0. The van der Waals surface area contributed by atoms with E-state index in [1.165, 1.54) is 0 Å². The number of ether oxygens (including phenoxy) is 2. The standard InChI is InChI=1S/C18H19NO4/c1-3-22-16-10-8-15(9-11-16)19-17(20)12-23-18(21)14-6-4-13(2)5-7-14/h4-11H,3,12H2,1-2H3,(H,19,20). The van der Waals surface area contributed by atoms with Crippen molar-refractivity contribution in [2.45, 2.75) is 13.8 Å². The van der Waals surface area contributed by atoms with E-state index < -0.39 is 11.9 Å². The number of carbonyl (C=O) groups excluding carboxylic acids is 2. The molecule has 2 aromatic carbocycles. The molecule has 0 fully saturated rings. The summed E-state index contributed by atoms with van der Waals surface area (Å²) in [5.41, 5.74) is 2.09. The fraction of sp³-hybridized carbons (Fsp3) is 0.222. The lowest BCUT2D eigenvalue weighted by Gasteiger charge is -2.08. The maximum absolute atomic E-state index is 11.8. The molecule has 0 saturated carbocycles. The predicted molar refractivity (Wildman–Crippen MR) is 87.7 cm³/mol. The third-order valence-electron chi connectivity index (χ3n) is 3.07. The van der Waals surface area contributed by atoms with Gasteiger partial charge in [0.25, 0.3) is 5.91 Å². The highest BCUT2D eigenvalue weighted by atomic mass is 16.5. The molecule has 0 heterocycles. The number of hydrogen-bond acceptors (Lipinski definition) is 4. The maximum atomic E-state index is 11.8. The minimum absolute atomic E-state index is 0.333. The van der Waals surface area contributed by atoms with Gasteiger partial charge in [-0.2, -0.15) is 0 Å². The van der Waals surface area contributed by atoms with Crippen LogP contribution in [0, 0.1) is 6.92 Å². The molecule has 0 spiro atoms. The van der Waals surface area contributed by atoms with Crippen LogP contribution in [-0.2, 0) is 9.53 Å². The number of esters is 1. The van der Waals surface area contributed by atoms with Gasteiger partial charge in [-0.3, -0.25) is 4.79 Å². The lowest BCUT2D eigenvalue weighted by Crippen LogP contribution is -2.20. The van der Waals surface area contributed by atoms with Crippen molar-refractivity contribution < 1.29 is 19.1 Å². The minimum Gasteiger partial charge on any atom is -0.494 e. The summed E-state index contributed by atoms with van der Waals surface area (Å²) in [6.45, 7) is 4.08. The molecule has 0 unspecified atom stereocenters. The molecule has 0 radical (unpaired) electrons. The van der Waals surface area contributed by atoms with Crippen LogP contribution < -0.4 is 10.1 Å². The zero-order chi connectivity index (χ0) is 16.7. The van der Waals surface area contributed by atoms with Crippen LogP contribution in [0.1, 0.15) is 22.8 Å². The summed E-state index contributed by atoms with van der Waals surface area (Å²) in [5, 5.41) is 2.66. The predicted octanol–water partition coefficient (Wildman–Crippen LogP) is 3.19. The summed E-state index contributed by atoms with van der Waals surface area (Å²) >= 11 is 0. The van der Waals surface area contributed by atoms with Crippen molar-refractivity contribution in [3.63, 3.8) is 0 Å². The van der Waals surface area contributed by atoms with E-state index in [1.54, 1.807) is 36.4 Å². The SMILES string of the molecule is CCOc1ccc(NC(=O)COC(=O)c2ccc(C)cc2)cc1. The fourth-order valence-electron chi connectivity index (χ4n) is 1.90. The number of nitrogens with one attached hydrogen (secondary N) is 1. The highest BCUT2D eigenvalue weighted by Gasteiger charge is 2.10. The Bertz CT molecular complexity index is 662. The normalized spacial score (nSPS) is 10.0. The van der Waals surface area contributed by atoms with Crippen LogP contribution in [0.2, 0.25) is 0 Å². The van der Waals surface area contributed by atoms with E-state index in [0.717, 1.165) is 11.3 Å². The van der Waals surface area contributed by atoms with Gasteiger partial charge in [0.1, 0.15) is 5.75 Å². The van der Waals surface area contributed by atoms with Gasteiger partial charge in [-0.25, -0.2) is 4.79 Å². The number of amides is 1. The van der Waals surface area contributed by atoms with Gasteiger partial charge < -0.3 is 14.8 Å². The van der Waals surface area contributed by atoms with E-state index in [2.05, 4.69) is 5.32 Å². The van der Waals surface area contributed by atoms with E-state index in [4.69, 9.17) is 9.47 Å². The van der Waals surface area contributed by atoms with Crippen LogP contribution in [0.25, 0.3) is 0 Å². The second-order valence-electron chi connectivity index (χ2n) is 4.95. The quantitative estimate of drug-likeness (QED) is 0.832. The summed E-state index contributed by atoms with van der Waals surface area (Å²) < 4.78 is 10.3. The van der Waals surface area contributed by atoms with Crippen molar-refractivity contribution in [2.24, 2.45) is 0 Å². The zero-order valence-corrected chi connectivity index (χ0v) is 13.2. The van der Waals surface area contributed by atoms with Crippen LogP contribution in [0.5, 0.6) is 5.75 Å². The average Bonchev–Trinajstić information content (AvgIpc) is 2.55. The number of hydrogen-bond donors (Lipinski definition) is 1. The van der Waals surface area contributed by atoms with Crippen molar-refractivity contribution in [1.29, 1.82) is 0 Å². The molecule has 1 N–H and O–H groups in total. The zero-order valence-electron chi connectivity index (χ0n) is 13.2. The molecule has 2 aromatic rings. The number of aryl methyl sites for hydroxylation is 1. The van der Waals surface area contributed by atoms with Gasteiger partial charge in [-0.05, 0) is 50.2 Å². The summed E-state index contributed by atoms with van der Waals surface area (Å²) in [6.07, 6.45) is 0. The van der Waals surface area contributed by atoms with E-state index in [0.29, 0.717) is 17.9 Å². The van der Waals surface area contributed by atoms with Gasteiger partial charge in [-0.1, -0.05) is 17.7 Å². The Morgan fingerprint density at radius 1 is 1.00 bits per heavy atom. The van der Waals surface area contributed by atoms with Gasteiger partial charge >= 0.3 is 5.97 Å². The molecule has 0 atom stereocenters. The minimum atomic E-state index is -0.521. The maximum Gasteiger partial charge on any atom is 0.338 e. The Hall–Kier alpha value is -2.82. The van der Waals surface area contributed by atoms with Crippen molar-refractivity contribution in [2.75, 3.05) is 18.5 Å². The van der Waals surface area contributed by atoms with Crippen molar-refractivity contribution in [3.05, 3.63) is 59.7 Å². The third-order valence-corrected chi connectivity index (χ3v) is 3.07. The van der Waals surface area contributed by atoms with Gasteiger partial charge in [0.15, 0.2) is 6.61 Å². The van der Waals surface area contributed by atoms with E-state index >= 15 is 0 Å². The van der Waals surface area contributed by atoms with Crippen LogP contribution in [0.3, 0.4) is 0 Å². The summed E-state index contributed by atoms with van der Waals surface area (Å²) in [4.78, 5) is 23.6. The molecule has 23 heavy (non-hydrogen) atoms. The van der Waals surface area contributed by atoms with Gasteiger partial charge in [0, 0.05) is 5.69 Å². The smallest absolute Gasteiger partial charge is 0.338 e. The molecule has 1 amide bonds. The first-order valence-corrected chi connectivity index (χ1v) is 7.35. The second-order valence-corrected chi connectivity index (χ2v) is 4.95. The number of rotatable bonds is 6. The molecule has 120 valence electrons. The second kappa shape index (κ2) is 7.98. The van der Waals surface area contributed by atoms with Crippen molar-refractivity contribution >= 4 is 17.6 Å². The molecule has 0 bridgehead atoms. The Kier molecular flexibility index (Phi) is 5.74. The summed E-state index contributed by atoms with van der Waals surface area (Å²) in [5.74, 6) is -0.183. The first-order valence-electron chi connectivity index (χ1n) is 7.35. The molecule has 2 rings (SSSR count). The van der Waals surface area contributed by atoms with Crippen LogP contribution in [0.4, 0.5) is 5.69 Å². The third kappa shape index (κ3) is 5.14. The largest absolute Gasteiger partial charge is 0.494 e. The van der Waals surface area contributed by atoms with Crippen molar-refractivity contribution in [3.8, 4) is 5.75 Å². The molecular weight excluding hydrogens is 294 g/mol. The Morgan fingerprint density at radius 2 is 1.65 bits per heavy atom. The van der Waals surface area contributed by atoms with E-state index in [1.807, 2.05) is 26.0 Å². The summed E-state index contributed by atoms with van der Waals surface area (Å²) in [6, 6.07) is 13.9. The van der Waals surface area contributed by atoms with Crippen LogP contribution in [-0.4, -0.2) is 25.1 Å². The molecule has 5 nitrogen and oxygen atoms in total. The average molecular weight is 313 g/mol. The number of benzene rings is 2. The van der Waals surface area contributed by atoms with Crippen molar-refractivity contribution in [1.82, 2.24) is 0 Å². The Balaban J connectivity index is 1.82. The molecule has 0 aliphatic carbocycles. The monoisotopic (exact) mass is 313 g/mol. The molecule has 0 aromatic heterocycles. The Labute approximate surface area is 135 Å². The molecular formula is C18H19NO4. The Morgan fingerprint density at radius 3 is 2.26 bits per heavy atom. The lowest BCUT2D eigenvalue weighted by atomic mass is 10.1. The number of carbonyl (C=O) groups is 2. The first-order chi connectivity index (χ1) is 11.1. The molecule has 5 heteroatoms. The van der Waals surface area contributed by atoms with E-state index in [9.17, 15) is 9.59 Å².